The summed E-state index contributed by atoms with van der Waals surface area (Å²) in [5, 5.41) is 10.3. The quantitative estimate of drug-likeness (QED) is 0.178. The Morgan fingerprint density at radius 2 is 1.37 bits per heavy atom. The molecule has 3 aliphatic rings. The van der Waals surface area contributed by atoms with Crippen molar-refractivity contribution in [3.63, 3.8) is 0 Å². The van der Waals surface area contributed by atoms with E-state index in [0.29, 0.717) is 49.1 Å². The number of aryl methyl sites for hydroxylation is 2. The van der Waals surface area contributed by atoms with Crippen LogP contribution in [0.1, 0.15) is 75.6 Å². The van der Waals surface area contributed by atoms with Crippen LogP contribution in [0.25, 0.3) is 22.3 Å². The van der Waals surface area contributed by atoms with Gasteiger partial charge in [0.15, 0.2) is 0 Å². The number of rotatable bonds is 8. The minimum absolute atomic E-state index is 0.224. The largest absolute Gasteiger partial charge is 0.508 e. The molecular weight excluding hydrogens is 538 g/mol. The predicted octanol–water partition coefficient (Wildman–Crippen LogP) is 7.25. The number of ketones is 1. The van der Waals surface area contributed by atoms with Gasteiger partial charge in [0.05, 0.1) is 23.4 Å². The Bertz CT molecular complexity index is 1810. The number of fused-ring (bicyclic) bond motifs is 10. The van der Waals surface area contributed by atoms with Crippen LogP contribution in [0.2, 0.25) is 0 Å². The first-order chi connectivity index (χ1) is 20.9. The first kappa shape index (κ1) is 27.1. The van der Waals surface area contributed by atoms with Crippen molar-refractivity contribution < 1.29 is 24.2 Å². The van der Waals surface area contributed by atoms with Crippen LogP contribution in [0.15, 0.2) is 66.7 Å². The maximum atomic E-state index is 14.1. The van der Waals surface area contributed by atoms with Gasteiger partial charge in [-0.2, -0.15) is 0 Å². The molecule has 0 atom stereocenters. The molecule has 1 N–H and O–H groups in total. The number of anilines is 1. The van der Waals surface area contributed by atoms with Gasteiger partial charge in [0.1, 0.15) is 17.3 Å². The normalized spacial score (nSPS) is 14.5. The first-order valence-electron chi connectivity index (χ1n) is 15.2. The Kier molecular flexibility index (Phi) is 6.85. The fourth-order valence-electron chi connectivity index (χ4n) is 7.05. The number of hydrogen-bond donors (Lipinski definition) is 1. The maximum Gasteiger partial charge on any atom is 0.266 e. The molecule has 1 aliphatic heterocycles. The van der Waals surface area contributed by atoms with Crippen molar-refractivity contribution in [2.24, 2.45) is 0 Å². The van der Waals surface area contributed by atoms with Gasteiger partial charge in [-0.05, 0) is 133 Å². The second-order valence-corrected chi connectivity index (χ2v) is 11.8. The Morgan fingerprint density at radius 1 is 0.744 bits per heavy atom. The van der Waals surface area contributed by atoms with Crippen LogP contribution in [0, 0.1) is 0 Å². The van der Waals surface area contributed by atoms with Gasteiger partial charge in [-0.25, -0.2) is 4.90 Å². The van der Waals surface area contributed by atoms with Gasteiger partial charge in [-0.1, -0.05) is 30.3 Å². The van der Waals surface area contributed by atoms with Crippen LogP contribution in [0.3, 0.4) is 0 Å². The van der Waals surface area contributed by atoms with Crippen LogP contribution in [-0.4, -0.2) is 29.3 Å². The summed E-state index contributed by atoms with van der Waals surface area (Å²) in [6, 6.07) is 20.8. The number of phenolic OH excluding ortho intramolecular Hbond substituents is 1. The molecule has 1 heterocycles. The average Bonchev–Trinajstić information content (AvgIpc) is 3.28. The van der Waals surface area contributed by atoms with Crippen LogP contribution in [-0.2, 0) is 30.5 Å². The second-order valence-electron chi connectivity index (χ2n) is 11.8. The van der Waals surface area contributed by atoms with Gasteiger partial charge in [0.25, 0.3) is 11.8 Å². The fourth-order valence-corrected chi connectivity index (χ4v) is 7.05. The van der Waals surface area contributed by atoms with Gasteiger partial charge in [0.2, 0.25) is 0 Å². The van der Waals surface area contributed by atoms with Crippen LogP contribution in [0.4, 0.5) is 5.69 Å². The van der Waals surface area contributed by atoms with E-state index < -0.39 is 0 Å². The molecule has 0 bridgehead atoms. The molecule has 6 heteroatoms. The Balaban J connectivity index is 1.33. The van der Waals surface area contributed by atoms with Crippen molar-refractivity contribution >= 4 is 23.3 Å². The van der Waals surface area contributed by atoms with Gasteiger partial charge in [-0.3, -0.25) is 9.59 Å². The van der Waals surface area contributed by atoms with E-state index in [1.165, 1.54) is 4.90 Å². The van der Waals surface area contributed by atoms with Crippen LogP contribution < -0.4 is 9.64 Å². The molecule has 0 radical (unpaired) electrons. The molecule has 4 aromatic carbocycles. The van der Waals surface area contributed by atoms with Crippen molar-refractivity contribution in [1.29, 1.82) is 0 Å². The van der Waals surface area contributed by atoms with Crippen molar-refractivity contribution in [1.82, 2.24) is 0 Å². The summed E-state index contributed by atoms with van der Waals surface area (Å²) >= 11 is 0. The Hall–Kier alpha value is -4.71. The third kappa shape index (κ3) is 4.62. The molecule has 0 saturated heterocycles. The molecule has 0 aromatic heterocycles. The predicted molar refractivity (Wildman–Crippen MR) is 166 cm³/mol. The lowest BCUT2D eigenvalue weighted by molar-refractivity contribution is -0.117. The summed E-state index contributed by atoms with van der Waals surface area (Å²) in [4.78, 5) is 40.7. The number of ether oxygens (including phenoxy) is 1. The number of unbranched alkanes of at least 4 members (excludes halogenated alkanes) is 2. The molecule has 2 aliphatic carbocycles. The number of amides is 2. The molecule has 0 fully saturated rings. The summed E-state index contributed by atoms with van der Waals surface area (Å²) in [5.74, 6) is 0.750. The third-order valence-corrected chi connectivity index (χ3v) is 8.99. The third-order valence-electron chi connectivity index (χ3n) is 8.99. The number of para-hydroxylation sites is 1. The lowest BCUT2D eigenvalue weighted by Gasteiger charge is -2.31. The second kappa shape index (κ2) is 10.8. The van der Waals surface area contributed by atoms with E-state index >= 15 is 0 Å². The van der Waals surface area contributed by atoms with Gasteiger partial charge >= 0.3 is 0 Å². The molecule has 0 saturated carbocycles. The van der Waals surface area contributed by atoms with Crippen molar-refractivity contribution in [3.05, 3.63) is 100 Å². The minimum atomic E-state index is -0.259. The molecule has 4 aromatic rings. The SMILES string of the molecule is CC(=O)CCCCCOc1ccc2c(c1)CCc1c3c(c4c(c1-2)-c1ccc(O)cc1CC4)C(=O)N(c1ccccc1)C3=O. The molecule has 6 nitrogen and oxygen atoms in total. The minimum Gasteiger partial charge on any atom is -0.508 e. The summed E-state index contributed by atoms with van der Waals surface area (Å²) < 4.78 is 6.10. The molecule has 7 rings (SSSR count). The van der Waals surface area contributed by atoms with Gasteiger partial charge in [0, 0.05) is 6.42 Å². The number of benzene rings is 4. The van der Waals surface area contributed by atoms with E-state index in [1.54, 1.807) is 25.1 Å². The highest BCUT2D eigenvalue weighted by Crippen LogP contribution is 2.51. The highest BCUT2D eigenvalue weighted by Gasteiger charge is 2.44. The average molecular weight is 572 g/mol. The topological polar surface area (TPSA) is 83.9 Å². The van der Waals surface area contributed by atoms with E-state index in [9.17, 15) is 19.5 Å². The van der Waals surface area contributed by atoms with Crippen LogP contribution >= 0.6 is 0 Å². The molecule has 43 heavy (non-hydrogen) atoms. The number of carbonyl (C=O) groups excluding carboxylic acids is 3. The summed E-state index contributed by atoms with van der Waals surface area (Å²) in [7, 11) is 0. The molecule has 0 spiro atoms. The lowest BCUT2D eigenvalue weighted by atomic mass is 9.72. The van der Waals surface area contributed by atoms with E-state index in [4.69, 9.17) is 4.74 Å². The highest BCUT2D eigenvalue weighted by atomic mass is 16.5. The summed E-state index contributed by atoms with van der Waals surface area (Å²) in [5.41, 5.74) is 9.81. The van der Waals surface area contributed by atoms with Crippen LogP contribution in [0.5, 0.6) is 11.5 Å². The van der Waals surface area contributed by atoms with Gasteiger partial charge < -0.3 is 14.6 Å². The Morgan fingerprint density at radius 3 is 2.02 bits per heavy atom. The Labute approximate surface area is 250 Å². The summed E-state index contributed by atoms with van der Waals surface area (Å²) in [6.45, 7) is 2.22. The molecule has 216 valence electrons. The van der Waals surface area contributed by atoms with E-state index in [2.05, 4.69) is 12.1 Å². The number of aromatic hydroxyl groups is 1. The van der Waals surface area contributed by atoms with Gasteiger partial charge in [-0.15, -0.1) is 0 Å². The number of phenols is 1. The number of nitrogens with zero attached hydrogens (tertiary/aromatic N) is 1. The van der Waals surface area contributed by atoms with E-state index in [1.807, 2.05) is 36.4 Å². The molecule has 0 unspecified atom stereocenters. The van der Waals surface area contributed by atoms with E-state index in [-0.39, 0.29) is 23.3 Å². The standard InChI is InChI=1S/C37H33NO5/c1-22(39)8-4-3-7-19-43-27-14-18-29-24(21-27)12-16-31-33(29)32-28-17-13-26(40)20-23(28)11-15-30(32)34-35(31)37(42)38(36(34)41)25-9-5-2-6-10-25/h2,5-6,9-10,13-14,17-18,20-21,40H,3-4,7-8,11-12,15-16,19H2,1H3. The zero-order valence-electron chi connectivity index (χ0n) is 24.2. The smallest absolute Gasteiger partial charge is 0.266 e. The van der Waals surface area contributed by atoms with Crippen molar-refractivity contribution in [3.8, 4) is 33.8 Å². The number of Topliss-reactive ketones (excluding diaryl/α,β-unsaturated/α-hetero) is 1. The van der Waals surface area contributed by atoms with Crippen molar-refractivity contribution in [2.75, 3.05) is 11.5 Å². The molecule has 2 amide bonds. The zero-order valence-corrected chi connectivity index (χ0v) is 24.2. The van der Waals surface area contributed by atoms with E-state index in [0.717, 1.165) is 75.9 Å². The number of imide groups is 1. The highest BCUT2D eigenvalue weighted by molar-refractivity contribution is 6.36. The summed E-state index contributed by atoms with van der Waals surface area (Å²) in [6.07, 6.45) is 6.02. The van der Waals surface area contributed by atoms with Crippen molar-refractivity contribution in [2.45, 2.75) is 58.3 Å². The zero-order chi connectivity index (χ0) is 29.7. The number of carbonyl (C=O) groups is 3. The maximum absolute atomic E-state index is 14.1. The monoisotopic (exact) mass is 571 g/mol. The molecular formula is C37H33NO5. The first-order valence-corrected chi connectivity index (χ1v) is 15.2. The number of hydrogen-bond acceptors (Lipinski definition) is 5. The fraction of sp³-hybridized carbons (Fsp3) is 0.270. The lowest BCUT2D eigenvalue weighted by Crippen LogP contribution is -2.29.